The van der Waals surface area contributed by atoms with Gasteiger partial charge in [0.1, 0.15) is 0 Å². The molecule has 0 saturated heterocycles. The van der Waals surface area contributed by atoms with Gasteiger partial charge in [0.15, 0.2) is 0 Å². The molecule has 1 fully saturated rings. The van der Waals surface area contributed by atoms with Crippen molar-refractivity contribution in [3.8, 4) is 0 Å². The highest BCUT2D eigenvalue weighted by Gasteiger charge is 2.30. The van der Waals surface area contributed by atoms with Gasteiger partial charge in [0, 0.05) is 20.3 Å². The van der Waals surface area contributed by atoms with E-state index >= 15 is 0 Å². The zero-order valence-corrected chi connectivity index (χ0v) is 12.3. The van der Waals surface area contributed by atoms with Crippen molar-refractivity contribution in [2.24, 2.45) is 11.7 Å². The van der Waals surface area contributed by atoms with Crippen LogP contribution in [0.5, 0.6) is 0 Å². The van der Waals surface area contributed by atoms with Crippen LogP contribution < -0.4 is 5.73 Å². The molecule has 1 rings (SSSR count). The lowest BCUT2D eigenvalue weighted by Crippen LogP contribution is -2.39. The average molecular weight is 279 g/mol. The molecule has 0 spiro atoms. The van der Waals surface area contributed by atoms with Gasteiger partial charge in [0.05, 0.1) is 12.3 Å². The van der Waals surface area contributed by atoms with Crippen molar-refractivity contribution < 1.29 is 18.7 Å². The van der Waals surface area contributed by atoms with E-state index in [0.29, 0.717) is 5.92 Å². The Balaban J connectivity index is 2.40. The Morgan fingerprint density at radius 3 is 2.33 bits per heavy atom. The molecule has 0 bridgehead atoms. The van der Waals surface area contributed by atoms with Crippen LogP contribution in [0.4, 0.5) is 0 Å². The SMILES string of the molecule is COP(=O)(C[C@H](O)C(N)CC1CCCCC1)OC. The lowest BCUT2D eigenvalue weighted by Gasteiger charge is -2.28. The summed E-state index contributed by atoms with van der Waals surface area (Å²) < 4.78 is 21.5. The van der Waals surface area contributed by atoms with Gasteiger partial charge in [-0.25, -0.2) is 0 Å². The molecule has 0 aromatic heterocycles. The Labute approximate surface area is 110 Å². The van der Waals surface area contributed by atoms with Gasteiger partial charge in [-0.1, -0.05) is 32.1 Å². The Bertz CT molecular complexity index is 273. The van der Waals surface area contributed by atoms with Crippen LogP contribution in [0.2, 0.25) is 0 Å². The number of hydrogen-bond acceptors (Lipinski definition) is 5. The van der Waals surface area contributed by atoms with E-state index in [1.807, 2.05) is 0 Å². The van der Waals surface area contributed by atoms with Crippen LogP contribution in [0, 0.1) is 5.92 Å². The second-order valence-electron chi connectivity index (χ2n) is 5.13. The minimum absolute atomic E-state index is 0.0338. The van der Waals surface area contributed by atoms with Gasteiger partial charge < -0.3 is 19.9 Å². The first kappa shape index (κ1) is 16.1. The lowest BCUT2D eigenvalue weighted by molar-refractivity contribution is 0.136. The Morgan fingerprint density at radius 2 is 1.83 bits per heavy atom. The van der Waals surface area contributed by atoms with E-state index in [0.717, 1.165) is 6.42 Å². The highest BCUT2D eigenvalue weighted by Crippen LogP contribution is 2.47. The second kappa shape index (κ2) is 7.61. The summed E-state index contributed by atoms with van der Waals surface area (Å²) >= 11 is 0. The molecular formula is C12H26NO4P. The van der Waals surface area contributed by atoms with Crippen LogP contribution in [0.3, 0.4) is 0 Å². The molecule has 18 heavy (non-hydrogen) atoms. The fraction of sp³-hybridized carbons (Fsp3) is 1.00. The summed E-state index contributed by atoms with van der Waals surface area (Å²) in [6.07, 6.45) is 6.10. The third-order valence-electron chi connectivity index (χ3n) is 3.79. The van der Waals surface area contributed by atoms with Crippen molar-refractivity contribution in [2.75, 3.05) is 20.4 Å². The Hall–Kier alpha value is 0.0700. The van der Waals surface area contributed by atoms with Crippen LogP contribution in [-0.4, -0.2) is 37.6 Å². The standard InChI is InChI=1S/C12H26NO4P/c1-16-18(15,17-2)9-12(14)11(13)8-10-6-4-3-5-7-10/h10-12,14H,3-9,13H2,1-2H3/t11?,12-/m0/s1. The van der Waals surface area contributed by atoms with Crippen molar-refractivity contribution in [2.45, 2.75) is 50.7 Å². The van der Waals surface area contributed by atoms with Crippen molar-refractivity contribution in [3.63, 3.8) is 0 Å². The predicted octanol–water partition coefficient (Wildman–Crippen LogP) is 2.13. The maximum Gasteiger partial charge on any atom is 0.332 e. The first-order valence-corrected chi connectivity index (χ1v) is 8.37. The molecule has 1 aliphatic carbocycles. The fourth-order valence-electron chi connectivity index (χ4n) is 2.55. The largest absolute Gasteiger partial charge is 0.391 e. The topological polar surface area (TPSA) is 81.8 Å². The van der Waals surface area contributed by atoms with E-state index in [4.69, 9.17) is 14.8 Å². The molecule has 5 nitrogen and oxygen atoms in total. The zero-order valence-electron chi connectivity index (χ0n) is 11.4. The maximum absolute atomic E-state index is 11.9. The zero-order chi connectivity index (χ0) is 13.6. The van der Waals surface area contributed by atoms with Crippen LogP contribution in [0.25, 0.3) is 0 Å². The summed E-state index contributed by atoms with van der Waals surface area (Å²) in [6, 6.07) is -0.355. The molecular weight excluding hydrogens is 253 g/mol. The number of aliphatic hydroxyl groups excluding tert-OH is 1. The monoisotopic (exact) mass is 279 g/mol. The van der Waals surface area contributed by atoms with Crippen molar-refractivity contribution in [1.29, 1.82) is 0 Å². The number of aliphatic hydroxyl groups is 1. The van der Waals surface area contributed by atoms with Gasteiger partial charge in [-0.3, -0.25) is 4.57 Å². The first-order chi connectivity index (χ1) is 8.50. The number of hydrogen-bond donors (Lipinski definition) is 2. The van der Waals surface area contributed by atoms with Crippen LogP contribution in [0.15, 0.2) is 0 Å². The van der Waals surface area contributed by atoms with Crippen LogP contribution in [-0.2, 0) is 13.6 Å². The summed E-state index contributed by atoms with van der Waals surface area (Å²) in [5.74, 6) is 0.591. The third kappa shape index (κ3) is 4.98. The maximum atomic E-state index is 11.9. The van der Waals surface area contributed by atoms with E-state index < -0.39 is 13.7 Å². The molecule has 1 saturated carbocycles. The second-order valence-corrected chi connectivity index (χ2v) is 7.45. The molecule has 0 aromatic carbocycles. The molecule has 6 heteroatoms. The molecule has 108 valence electrons. The van der Waals surface area contributed by atoms with Gasteiger partial charge >= 0.3 is 7.60 Å². The summed E-state index contributed by atoms with van der Waals surface area (Å²) in [5.41, 5.74) is 5.98. The van der Waals surface area contributed by atoms with E-state index in [1.165, 1.54) is 46.3 Å². The quantitative estimate of drug-likeness (QED) is 0.698. The molecule has 0 heterocycles. The molecule has 0 radical (unpaired) electrons. The smallest absolute Gasteiger partial charge is 0.332 e. The molecule has 0 aliphatic heterocycles. The number of rotatable bonds is 7. The molecule has 2 atom stereocenters. The Kier molecular flexibility index (Phi) is 6.82. The van der Waals surface area contributed by atoms with Gasteiger partial charge in [-0.05, 0) is 12.3 Å². The minimum Gasteiger partial charge on any atom is -0.391 e. The summed E-state index contributed by atoms with van der Waals surface area (Å²) in [7, 11) is -0.528. The van der Waals surface area contributed by atoms with E-state index in [9.17, 15) is 9.67 Å². The van der Waals surface area contributed by atoms with Crippen LogP contribution in [0.1, 0.15) is 38.5 Å². The molecule has 0 amide bonds. The van der Waals surface area contributed by atoms with E-state index in [-0.39, 0.29) is 12.2 Å². The van der Waals surface area contributed by atoms with Gasteiger partial charge in [-0.15, -0.1) is 0 Å². The highest BCUT2D eigenvalue weighted by molar-refractivity contribution is 7.53. The lowest BCUT2D eigenvalue weighted by atomic mass is 9.84. The fourth-order valence-corrected chi connectivity index (χ4v) is 3.73. The van der Waals surface area contributed by atoms with Gasteiger partial charge in [0.25, 0.3) is 0 Å². The summed E-state index contributed by atoms with van der Waals surface area (Å²) in [4.78, 5) is 0. The van der Waals surface area contributed by atoms with E-state index in [1.54, 1.807) is 0 Å². The van der Waals surface area contributed by atoms with Crippen molar-refractivity contribution in [3.05, 3.63) is 0 Å². The minimum atomic E-state index is -3.17. The molecule has 1 aliphatic rings. The predicted molar refractivity (Wildman–Crippen MR) is 71.7 cm³/mol. The molecule has 1 unspecified atom stereocenters. The number of nitrogens with two attached hydrogens (primary N) is 1. The molecule has 0 aromatic rings. The van der Waals surface area contributed by atoms with Gasteiger partial charge in [0.2, 0.25) is 0 Å². The van der Waals surface area contributed by atoms with E-state index in [2.05, 4.69) is 0 Å². The van der Waals surface area contributed by atoms with Crippen LogP contribution >= 0.6 is 7.60 Å². The van der Waals surface area contributed by atoms with Crippen molar-refractivity contribution in [1.82, 2.24) is 0 Å². The average Bonchev–Trinajstić information content (AvgIpc) is 2.39. The van der Waals surface area contributed by atoms with Gasteiger partial charge in [-0.2, -0.15) is 0 Å². The summed E-state index contributed by atoms with van der Waals surface area (Å²) in [5, 5.41) is 9.99. The normalized spacial score (nSPS) is 21.8. The summed E-state index contributed by atoms with van der Waals surface area (Å²) in [6.45, 7) is 0. The highest BCUT2D eigenvalue weighted by atomic mass is 31.2. The van der Waals surface area contributed by atoms with Crippen molar-refractivity contribution >= 4 is 7.60 Å². The Morgan fingerprint density at radius 1 is 1.28 bits per heavy atom. The third-order valence-corrected chi connectivity index (χ3v) is 5.73. The molecule has 3 N–H and O–H groups in total. The first-order valence-electron chi connectivity index (χ1n) is 6.65.